The maximum Gasteiger partial charge on any atom is 0.218 e. The molecule has 1 unspecified atom stereocenters. The van der Waals surface area contributed by atoms with Crippen molar-refractivity contribution in [2.45, 2.75) is 19.4 Å². The number of carbonyl (C=O) groups excluding carboxylic acids is 1. The van der Waals surface area contributed by atoms with Crippen LogP contribution in [0.25, 0.3) is 0 Å². The normalized spacial score (nSPS) is 13.3. The van der Waals surface area contributed by atoms with Gasteiger partial charge < -0.3 is 5.73 Å². The number of nitrogens with zero attached hydrogens (tertiary/aromatic N) is 1. The van der Waals surface area contributed by atoms with Crippen molar-refractivity contribution >= 4 is 15.7 Å². The lowest BCUT2D eigenvalue weighted by molar-refractivity contribution is -0.117. The van der Waals surface area contributed by atoms with Gasteiger partial charge in [-0.2, -0.15) is 0 Å². The molecule has 0 radical (unpaired) electrons. The molecule has 1 aromatic rings. The average Bonchev–Trinajstić information content (AvgIpc) is 2.44. The number of hydrogen-bond acceptors (Lipinski definition) is 4. The molecule has 0 aliphatic rings. The van der Waals surface area contributed by atoms with Crippen LogP contribution in [-0.4, -0.2) is 44.3 Å². The SMILES string of the molecule is CC(c1cc(F)ccc1F)N(C)CCS(=O)(=O)CCC(N)=O. The number of hydrogen-bond donors (Lipinski definition) is 1. The second-order valence-electron chi connectivity index (χ2n) is 5.19. The molecule has 1 atom stereocenters. The van der Waals surface area contributed by atoms with Crippen LogP contribution in [0.5, 0.6) is 0 Å². The predicted molar refractivity (Wildman–Crippen MR) is 79.9 cm³/mol. The van der Waals surface area contributed by atoms with E-state index in [-0.39, 0.29) is 30.0 Å². The van der Waals surface area contributed by atoms with Gasteiger partial charge in [-0.15, -0.1) is 0 Å². The van der Waals surface area contributed by atoms with Gasteiger partial charge in [-0.05, 0) is 32.2 Å². The largest absolute Gasteiger partial charge is 0.370 e. The number of rotatable bonds is 8. The minimum Gasteiger partial charge on any atom is -0.370 e. The molecule has 0 spiro atoms. The first-order chi connectivity index (χ1) is 10.1. The summed E-state index contributed by atoms with van der Waals surface area (Å²) < 4.78 is 50.4. The Bertz CT molecular complexity index is 635. The summed E-state index contributed by atoms with van der Waals surface area (Å²) in [6.45, 7) is 1.80. The summed E-state index contributed by atoms with van der Waals surface area (Å²) in [6, 6.07) is 2.68. The standard InChI is InChI=1S/C14H20F2N2O3S/c1-10(12-9-11(15)3-4-13(12)16)18(2)6-8-22(20,21)7-5-14(17)19/h3-4,9-10H,5-8H2,1-2H3,(H2,17,19). The van der Waals surface area contributed by atoms with E-state index in [0.717, 1.165) is 18.2 Å². The summed E-state index contributed by atoms with van der Waals surface area (Å²) in [5.41, 5.74) is 5.08. The van der Waals surface area contributed by atoms with E-state index in [4.69, 9.17) is 5.73 Å². The van der Waals surface area contributed by atoms with Crippen LogP contribution >= 0.6 is 0 Å². The van der Waals surface area contributed by atoms with E-state index in [2.05, 4.69) is 0 Å². The number of carbonyl (C=O) groups is 1. The van der Waals surface area contributed by atoms with Crippen LogP contribution in [0.4, 0.5) is 8.78 Å². The van der Waals surface area contributed by atoms with E-state index in [9.17, 15) is 22.0 Å². The Morgan fingerprint density at radius 1 is 1.32 bits per heavy atom. The van der Waals surface area contributed by atoms with Gasteiger partial charge in [0.15, 0.2) is 9.84 Å². The third kappa shape index (κ3) is 5.69. The zero-order chi connectivity index (χ0) is 16.9. The van der Waals surface area contributed by atoms with Gasteiger partial charge in [0, 0.05) is 24.6 Å². The lowest BCUT2D eigenvalue weighted by atomic mass is 10.1. The van der Waals surface area contributed by atoms with E-state index < -0.39 is 33.4 Å². The predicted octanol–water partition coefficient (Wildman–Crippen LogP) is 1.25. The van der Waals surface area contributed by atoms with Crippen molar-refractivity contribution in [3.8, 4) is 0 Å². The van der Waals surface area contributed by atoms with E-state index in [0.29, 0.717) is 0 Å². The molecular weight excluding hydrogens is 314 g/mol. The molecule has 0 aliphatic heterocycles. The molecule has 0 heterocycles. The molecule has 0 aromatic heterocycles. The fraction of sp³-hybridized carbons (Fsp3) is 0.500. The van der Waals surface area contributed by atoms with Crippen LogP contribution in [0.2, 0.25) is 0 Å². The third-order valence-electron chi connectivity index (χ3n) is 3.48. The molecule has 0 saturated heterocycles. The highest BCUT2D eigenvalue weighted by Gasteiger charge is 2.19. The van der Waals surface area contributed by atoms with Crippen molar-refractivity contribution in [1.82, 2.24) is 4.90 Å². The lowest BCUT2D eigenvalue weighted by Gasteiger charge is -2.25. The summed E-state index contributed by atoms with van der Waals surface area (Å²) >= 11 is 0. The first kappa shape index (κ1) is 18.5. The van der Waals surface area contributed by atoms with Crippen LogP contribution < -0.4 is 5.73 Å². The van der Waals surface area contributed by atoms with Crippen LogP contribution in [0.1, 0.15) is 24.9 Å². The third-order valence-corrected chi connectivity index (χ3v) is 5.11. The van der Waals surface area contributed by atoms with Crippen LogP contribution in [0, 0.1) is 11.6 Å². The summed E-state index contributed by atoms with van der Waals surface area (Å²) in [5, 5.41) is 0. The Morgan fingerprint density at radius 3 is 2.55 bits per heavy atom. The summed E-state index contributed by atoms with van der Waals surface area (Å²) in [6.07, 6.45) is -0.222. The summed E-state index contributed by atoms with van der Waals surface area (Å²) in [7, 11) is -1.79. The topological polar surface area (TPSA) is 80.5 Å². The first-order valence-electron chi connectivity index (χ1n) is 6.76. The maximum atomic E-state index is 13.7. The number of amides is 1. The van der Waals surface area contributed by atoms with Crippen molar-refractivity contribution in [3.05, 3.63) is 35.4 Å². The number of nitrogens with two attached hydrogens (primary N) is 1. The van der Waals surface area contributed by atoms with Crippen LogP contribution in [0.3, 0.4) is 0 Å². The Kier molecular flexibility index (Phi) is 6.43. The van der Waals surface area contributed by atoms with Gasteiger partial charge in [-0.25, -0.2) is 17.2 Å². The monoisotopic (exact) mass is 334 g/mol. The molecule has 0 bridgehead atoms. The molecule has 2 N–H and O–H groups in total. The highest BCUT2D eigenvalue weighted by Crippen LogP contribution is 2.22. The Labute approximate surface area is 129 Å². The zero-order valence-electron chi connectivity index (χ0n) is 12.6. The Hall–Kier alpha value is -1.54. The second-order valence-corrected chi connectivity index (χ2v) is 7.49. The Balaban J connectivity index is 2.66. The van der Waals surface area contributed by atoms with Crippen molar-refractivity contribution < 1.29 is 22.0 Å². The van der Waals surface area contributed by atoms with Gasteiger partial charge in [-0.1, -0.05) is 0 Å². The molecule has 0 fully saturated rings. The molecule has 1 rings (SSSR count). The van der Waals surface area contributed by atoms with Gasteiger partial charge in [0.05, 0.1) is 11.5 Å². The van der Waals surface area contributed by atoms with Crippen molar-refractivity contribution in [2.75, 3.05) is 25.1 Å². The summed E-state index contributed by atoms with van der Waals surface area (Å²) in [5.74, 6) is -2.26. The van der Waals surface area contributed by atoms with E-state index in [1.165, 1.54) is 0 Å². The van der Waals surface area contributed by atoms with Crippen molar-refractivity contribution in [2.24, 2.45) is 5.73 Å². The van der Waals surface area contributed by atoms with Gasteiger partial charge in [0.1, 0.15) is 11.6 Å². The number of benzene rings is 1. The molecule has 124 valence electrons. The summed E-state index contributed by atoms with van der Waals surface area (Å²) in [4.78, 5) is 12.2. The highest BCUT2D eigenvalue weighted by atomic mass is 32.2. The fourth-order valence-corrected chi connectivity index (χ4v) is 3.19. The smallest absolute Gasteiger partial charge is 0.218 e. The molecule has 1 amide bonds. The van der Waals surface area contributed by atoms with Crippen LogP contribution in [0.15, 0.2) is 18.2 Å². The van der Waals surface area contributed by atoms with Crippen molar-refractivity contribution in [3.63, 3.8) is 0 Å². The molecule has 1 aromatic carbocycles. The van der Waals surface area contributed by atoms with Gasteiger partial charge in [0.2, 0.25) is 5.91 Å². The van der Waals surface area contributed by atoms with E-state index in [1.807, 2.05) is 0 Å². The molecule has 5 nitrogen and oxygen atoms in total. The number of primary amides is 1. The highest BCUT2D eigenvalue weighted by molar-refractivity contribution is 7.91. The van der Waals surface area contributed by atoms with E-state index >= 15 is 0 Å². The van der Waals surface area contributed by atoms with Gasteiger partial charge in [-0.3, -0.25) is 9.69 Å². The van der Waals surface area contributed by atoms with E-state index in [1.54, 1.807) is 18.9 Å². The molecule has 22 heavy (non-hydrogen) atoms. The maximum absolute atomic E-state index is 13.7. The lowest BCUT2D eigenvalue weighted by Crippen LogP contribution is -2.30. The molecule has 8 heteroatoms. The van der Waals surface area contributed by atoms with Gasteiger partial charge in [0.25, 0.3) is 0 Å². The van der Waals surface area contributed by atoms with Gasteiger partial charge >= 0.3 is 0 Å². The number of sulfone groups is 1. The minimum atomic E-state index is -3.42. The first-order valence-corrected chi connectivity index (χ1v) is 8.58. The van der Waals surface area contributed by atoms with Crippen molar-refractivity contribution in [1.29, 1.82) is 0 Å². The molecular formula is C14H20F2N2O3S. The molecule has 0 aliphatic carbocycles. The Morgan fingerprint density at radius 2 is 1.95 bits per heavy atom. The number of halogens is 2. The second kappa shape index (κ2) is 7.64. The zero-order valence-corrected chi connectivity index (χ0v) is 13.4. The fourth-order valence-electron chi connectivity index (χ4n) is 1.91. The van der Waals surface area contributed by atoms with Crippen LogP contribution in [-0.2, 0) is 14.6 Å². The average molecular weight is 334 g/mol. The minimum absolute atomic E-state index is 0.137. The molecule has 0 saturated carbocycles. The quantitative estimate of drug-likeness (QED) is 0.776.